The average molecular weight is 231 g/mol. The molecule has 0 aliphatic carbocycles. The van der Waals surface area contributed by atoms with Crippen LogP contribution in [0.4, 0.5) is 0 Å². The molecule has 0 atom stereocenters. The number of carbonyl (C=O) groups excluding carboxylic acids is 1. The molecule has 0 aliphatic heterocycles. The van der Waals surface area contributed by atoms with Crippen LogP contribution in [0.3, 0.4) is 0 Å². The molecule has 0 aliphatic rings. The number of nitrogens with zero attached hydrogens (tertiary/aromatic N) is 2. The van der Waals surface area contributed by atoms with Gasteiger partial charge in [-0.15, -0.1) is 0 Å². The van der Waals surface area contributed by atoms with Crippen molar-refractivity contribution >= 4 is 5.91 Å². The smallest absolute Gasteiger partial charge is 0.269 e. The van der Waals surface area contributed by atoms with Crippen molar-refractivity contribution in [3.8, 4) is 11.6 Å². The second-order valence-corrected chi connectivity index (χ2v) is 3.85. The first-order chi connectivity index (χ1) is 8.00. The zero-order chi connectivity index (χ0) is 12.6. The number of hydrogen-bond acceptors (Lipinski definition) is 3. The molecule has 0 saturated heterocycles. The molecule has 88 valence electrons. The topological polar surface area (TPSA) is 81.1 Å². The molecule has 5 heteroatoms. The highest BCUT2D eigenvalue weighted by molar-refractivity contribution is 5.94. The van der Waals surface area contributed by atoms with E-state index < -0.39 is 5.91 Å². The number of aromatic nitrogens is 2. The highest BCUT2D eigenvalue weighted by Crippen LogP contribution is 2.20. The number of pyridine rings is 1. The predicted octanol–water partition coefficient (Wildman–Crippen LogP) is 1.29. The molecule has 17 heavy (non-hydrogen) atoms. The van der Waals surface area contributed by atoms with Crippen molar-refractivity contribution in [2.45, 2.75) is 13.8 Å². The zero-order valence-electron chi connectivity index (χ0n) is 9.64. The normalized spacial score (nSPS) is 10.5. The van der Waals surface area contributed by atoms with E-state index in [4.69, 9.17) is 5.73 Å². The Morgan fingerprint density at radius 3 is 2.35 bits per heavy atom. The number of carbonyl (C=O) groups is 1. The minimum Gasteiger partial charge on any atom is -0.493 e. The first-order valence-corrected chi connectivity index (χ1v) is 5.16. The first kappa shape index (κ1) is 11.2. The molecule has 0 saturated carbocycles. The fraction of sp³-hybridized carbons (Fsp3) is 0.167. The van der Waals surface area contributed by atoms with Crippen molar-refractivity contribution in [1.82, 2.24) is 9.55 Å². The lowest BCUT2D eigenvalue weighted by molar-refractivity contribution is 0.0994. The molecule has 5 nitrogen and oxygen atoms in total. The SMILES string of the molecule is Cc1ccc(C)n1-c1ccc(O)nc1C(N)=O. The van der Waals surface area contributed by atoms with Gasteiger partial charge in [0.25, 0.3) is 5.91 Å². The van der Waals surface area contributed by atoms with Crippen LogP contribution < -0.4 is 5.73 Å². The van der Waals surface area contributed by atoms with Crippen LogP contribution in [0.15, 0.2) is 24.3 Å². The molecule has 0 spiro atoms. The van der Waals surface area contributed by atoms with E-state index in [1.54, 1.807) is 6.07 Å². The van der Waals surface area contributed by atoms with E-state index in [0.717, 1.165) is 11.4 Å². The van der Waals surface area contributed by atoms with Gasteiger partial charge in [0.05, 0.1) is 5.69 Å². The van der Waals surface area contributed by atoms with Crippen LogP contribution in [0.25, 0.3) is 5.69 Å². The summed E-state index contributed by atoms with van der Waals surface area (Å²) in [6, 6.07) is 6.93. The summed E-state index contributed by atoms with van der Waals surface area (Å²) in [7, 11) is 0. The van der Waals surface area contributed by atoms with E-state index in [0.29, 0.717) is 5.69 Å². The van der Waals surface area contributed by atoms with E-state index in [2.05, 4.69) is 4.98 Å². The number of hydrogen-bond donors (Lipinski definition) is 2. The Morgan fingerprint density at radius 1 is 1.24 bits per heavy atom. The van der Waals surface area contributed by atoms with Crippen molar-refractivity contribution in [3.05, 3.63) is 41.3 Å². The van der Waals surface area contributed by atoms with Crippen molar-refractivity contribution in [1.29, 1.82) is 0 Å². The third-order valence-corrected chi connectivity index (χ3v) is 2.60. The Balaban J connectivity index is 2.71. The van der Waals surface area contributed by atoms with E-state index in [-0.39, 0.29) is 11.6 Å². The average Bonchev–Trinajstić information content (AvgIpc) is 2.59. The van der Waals surface area contributed by atoms with Gasteiger partial charge in [-0.05, 0) is 32.0 Å². The van der Waals surface area contributed by atoms with Gasteiger partial charge in [0.1, 0.15) is 0 Å². The second kappa shape index (κ2) is 3.93. The summed E-state index contributed by atoms with van der Waals surface area (Å²) in [5, 5.41) is 9.29. The summed E-state index contributed by atoms with van der Waals surface area (Å²) in [5.74, 6) is -0.881. The van der Waals surface area contributed by atoms with Gasteiger partial charge in [0.2, 0.25) is 5.88 Å². The van der Waals surface area contributed by atoms with Crippen LogP contribution in [0.2, 0.25) is 0 Å². The monoisotopic (exact) mass is 231 g/mol. The molecule has 0 bridgehead atoms. The highest BCUT2D eigenvalue weighted by atomic mass is 16.3. The van der Waals surface area contributed by atoms with Crippen LogP contribution >= 0.6 is 0 Å². The van der Waals surface area contributed by atoms with Gasteiger partial charge in [-0.2, -0.15) is 0 Å². The molecule has 0 aromatic carbocycles. The van der Waals surface area contributed by atoms with Crippen LogP contribution in [0, 0.1) is 13.8 Å². The number of aryl methyl sites for hydroxylation is 2. The first-order valence-electron chi connectivity index (χ1n) is 5.16. The molecule has 2 aromatic rings. The van der Waals surface area contributed by atoms with Gasteiger partial charge in [0.15, 0.2) is 5.69 Å². The van der Waals surface area contributed by atoms with Gasteiger partial charge in [-0.3, -0.25) is 4.79 Å². The van der Waals surface area contributed by atoms with Gasteiger partial charge >= 0.3 is 0 Å². The summed E-state index contributed by atoms with van der Waals surface area (Å²) in [6.07, 6.45) is 0. The maximum Gasteiger partial charge on any atom is 0.269 e. The van der Waals surface area contributed by atoms with Crippen molar-refractivity contribution in [3.63, 3.8) is 0 Å². The van der Waals surface area contributed by atoms with Crippen molar-refractivity contribution in [2.75, 3.05) is 0 Å². The molecule has 2 aromatic heterocycles. The van der Waals surface area contributed by atoms with E-state index in [1.165, 1.54) is 6.07 Å². The van der Waals surface area contributed by atoms with Crippen LogP contribution in [0.1, 0.15) is 21.9 Å². The molecular weight excluding hydrogens is 218 g/mol. The molecule has 0 radical (unpaired) electrons. The van der Waals surface area contributed by atoms with Gasteiger partial charge in [-0.25, -0.2) is 4.98 Å². The largest absolute Gasteiger partial charge is 0.493 e. The molecule has 3 N–H and O–H groups in total. The van der Waals surface area contributed by atoms with E-state index >= 15 is 0 Å². The van der Waals surface area contributed by atoms with Crippen molar-refractivity contribution in [2.24, 2.45) is 5.73 Å². The lowest BCUT2D eigenvalue weighted by Gasteiger charge is -2.12. The molecule has 0 fully saturated rings. The number of primary amides is 1. The maximum absolute atomic E-state index is 11.3. The maximum atomic E-state index is 11.3. The van der Waals surface area contributed by atoms with Gasteiger partial charge in [-0.1, -0.05) is 0 Å². The second-order valence-electron chi connectivity index (χ2n) is 3.85. The fourth-order valence-electron chi connectivity index (χ4n) is 1.85. The third kappa shape index (κ3) is 1.87. The Morgan fingerprint density at radius 2 is 1.82 bits per heavy atom. The number of aromatic hydroxyl groups is 1. The van der Waals surface area contributed by atoms with Crippen LogP contribution in [0.5, 0.6) is 5.88 Å². The summed E-state index contributed by atoms with van der Waals surface area (Å²) >= 11 is 0. The van der Waals surface area contributed by atoms with E-state index in [9.17, 15) is 9.90 Å². The molecule has 2 rings (SSSR count). The number of nitrogens with two attached hydrogens (primary N) is 1. The molecular formula is C12H13N3O2. The number of rotatable bonds is 2. The Hall–Kier alpha value is -2.30. The molecule has 0 unspecified atom stereocenters. The van der Waals surface area contributed by atoms with Crippen LogP contribution in [-0.2, 0) is 0 Å². The lowest BCUT2D eigenvalue weighted by Crippen LogP contribution is -2.17. The summed E-state index contributed by atoms with van der Waals surface area (Å²) < 4.78 is 1.87. The Labute approximate surface area is 98.5 Å². The van der Waals surface area contributed by atoms with Gasteiger partial charge in [0, 0.05) is 17.5 Å². The zero-order valence-corrected chi connectivity index (χ0v) is 9.64. The lowest BCUT2D eigenvalue weighted by atomic mass is 10.2. The van der Waals surface area contributed by atoms with Crippen molar-refractivity contribution < 1.29 is 9.90 Å². The summed E-state index contributed by atoms with van der Waals surface area (Å²) in [6.45, 7) is 3.84. The fourth-order valence-corrected chi connectivity index (χ4v) is 1.85. The van der Waals surface area contributed by atoms with Gasteiger partial charge < -0.3 is 15.4 Å². The summed E-state index contributed by atoms with van der Waals surface area (Å²) in [5.41, 5.74) is 7.85. The molecule has 2 heterocycles. The minimum atomic E-state index is -0.664. The Bertz CT molecular complexity index is 568. The molecule has 1 amide bonds. The quantitative estimate of drug-likeness (QED) is 0.817. The third-order valence-electron chi connectivity index (χ3n) is 2.60. The highest BCUT2D eigenvalue weighted by Gasteiger charge is 2.15. The predicted molar refractivity (Wildman–Crippen MR) is 63.2 cm³/mol. The van der Waals surface area contributed by atoms with Crippen LogP contribution in [-0.4, -0.2) is 20.6 Å². The minimum absolute atomic E-state index is 0.0624. The standard InChI is InChI=1S/C12H13N3O2/c1-7-3-4-8(2)15(7)9-5-6-10(16)14-11(9)12(13)17/h3-6H,1-2H3,(H2,13,17)(H,14,16). The summed E-state index contributed by atoms with van der Waals surface area (Å²) in [4.78, 5) is 15.1. The van der Waals surface area contributed by atoms with E-state index in [1.807, 2.05) is 30.5 Å². The number of amides is 1. The Kier molecular flexibility index (Phi) is 2.59.